The van der Waals surface area contributed by atoms with Crippen LogP contribution >= 0.6 is 0 Å². The van der Waals surface area contributed by atoms with E-state index in [1.807, 2.05) is 0 Å². The largest absolute Gasteiger partial charge is 0.508 e. The maximum atomic E-state index is 14.0. The molecule has 0 saturated carbocycles. The third kappa shape index (κ3) is 11.4. The van der Waals surface area contributed by atoms with Crippen LogP contribution in [0.5, 0.6) is 23.0 Å². The summed E-state index contributed by atoms with van der Waals surface area (Å²) in [6.45, 7) is 7.34. The maximum absolute atomic E-state index is 14.0. The second-order valence-corrected chi connectivity index (χ2v) is 15.8. The van der Waals surface area contributed by atoms with Gasteiger partial charge in [-0.05, 0) is 38.1 Å². The lowest BCUT2D eigenvalue weighted by Crippen LogP contribution is -2.66. The van der Waals surface area contributed by atoms with Crippen LogP contribution in [-0.2, 0) is 71.3 Å². The van der Waals surface area contributed by atoms with E-state index in [1.54, 1.807) is 0 Å². The van der Waals surface area contributed by atoms with Crippen LogP contribution < -0.4 is 10.2 Å². The summed E-state index contributed by atoms with van der Waals surface area (Å²) < 4.78 is 69.6. The van der Waals surface area contributed by atoms with E-state index in [4.69, 9.17) is 56.5 Å². The Kier molecular flexibility index (Phi) is 15.6. The van der Waals surface area contributed by atoms with Gasteiger partial charge in [0.25, 0.3) is 0 Å². The second-order valence-electron chi connectivity index (χ2n) is 15.8. The minimum atomic E-state index is -2.07. The Labute approximate surface area is 379 Å². The molecule has 67 heavy (non-hydrogen) atoms. The standard InChI is InChI=1S/C43H50O24/c1-15-34(60-18(4)45)38(67-43-40(63-21(7)48)37(61-19(5)46)33(16(2)58-43)59-17(3)44)39(62-20(6)47)42(57-15)56-14-27-29(52)31(54)32(55)41(65-27)66-36-30(53)28-25(51)12-24(50)13-26(28)64-35(36)22-8-10-23(49)11-9-22/h8-13,15-16,27,29,31-34,37-43,49-52,54-55H,14H2,1-7H3/t15-,16-,27+,29+,31-,32+,33-,34-,37+,38+,39+,40+,41-,42+,43-/m0/s1. The summed E-state index contributed by atoms with van der Waals surface area (Å²) in [4.78, 5) is 76.0. The molecule has 15 atom stereocenters. The van der Waals surface area contributed by atoms with Gasteiger partial charge in [0, 0.05) is 52.3 Å². The van der Waals surface area contributed by atoms with Crippen molar-refractivity contribution in [3.05, 3.63) is 46.6 Å². The van der Waals surface area contributed by atoms with Crippen LogP contribution in [0.15, 0.2) is 45.6 Å². The normalized spacial score (nSPS) is 31.8. The summed E-state index contributed by atoms with van der Waals surface area (Å²) in [6.07, 6.45) is -24.8. The Morgan fingerprint density at radius 3 is 1.66 bits per heavy atom. The van der Waals surface area contributed by atoms with E-state index in [-0.39, 0.29) is 22.7 Å². The minimum Gasteiger partial charge on any atom is -0.508 e. The molecule has 6 rings (SSSR count). The van der Waals surface area contributed by atoms with Crippen molar-refractivity contribution in [1.29, 1.82) is 0 Å². The highest BCUT2D eigenvalue weighted by molar-refractivity contribution is 5.88. The van der Waals surface area contributed by atoms with Gasteiger partial charge in [-0.1, -0.05) is 0 Å². The fourth-order valence-electron chi connectivity index (χ4n) is 7.80. The number of rotatable bonds is 13. The molecule has 6 N–H and O–H groups in total. The average molecular weight is 951 g/mol. The second kappa shape index (κ2) is 20.8. The van der Waals surface area contributed by atoms with Gasteiger partial charge in [0.15, 0.2) is 48.9 Å². The van der Waals surface area contributed by atoms with E-state index in [0.29, 0.717) is 0 Å². The molecule has 0 bridgehead atoms. The third-order valence-electron chi connectivity index (χ3n) is 10.6. The summed E-state index contributed by atoms with van der Waals surface area (Å²) in [7, 11) is 0. The molecule has 24 heteroatoms. The number of hydrogen-bond acceptors (Lipinski definition) is 24. The average Bonchev–Trinajstić information content (AvgIpc) is 3.22. The fourth-order valence-corrected chi connectivity index (χ4v) is 7.80. The summed E-state index contributed by atoms with van der Waals surface area (Å²) in [5.41, 5.74) is -1.18. The van der Waals surface area contributed by atoms with Crippen LogP contribution in [0.3, 0.4) is 0 Å². The smallest absolute Gasteiger partial charge is 0.303 e. The van der Waals surface area contributed by atoms with E-state index >= 15 is 0 Å². The van der Waals surface area contributed by atoms with Gasteiger partial charge >= 0.3 is 29.8 Å². The van der Waals surface area contributed by atoms with Crippen LogP contribution in [0.25, 0.3) is 22.3 Å². The Morgan fingerprint density at radius 1 is 0.582 bits per heavy atom. The zero-order valence-electron chi connectivity index (χ0n) is 36.9. The van der Waals surface area contributed by atoms with E-state index < -0.39 is 157 Å². The van der Waals surface area contributed by atoms with Gasteiger partial charge in [-0.2, -0.15) is 0 Å². The molecular formula is C43H50O24. The first-order valence-corrected chi connectivity index (χ1v) is 20.7. The first-order valence-electron chi connectivity index (χ1n) is 20.7. The SMILES string of the molecule is CC(=O)O[C@@H]1[C@@H](OC(C)=O)[C@H](C)O[C@@H](O[C@@H]2[C@@H](OC(C)=O)[C@H](C)O[C@@H](OC[C@H]3O[C@@H](Oc4c(-c5ccc(O)cc5)oc5cc(O)cc(O)c5c4=O)[C@H](O)[C@@H](O)[C@@H]3O)[C@@H]2OC(C)=O)[C@@H]1OC(C)=O. The predicted octanol–water partition coefficient (Wildman–Crippen LogP) is 0.313. The molecule has 0 radical (unpaired) electrons. The van der Waals surface area contributed by atoms with Crippen molar-refractivity contribution in [2.75, 3.05) is 6.61 Å². The summed E-state index contributed by atoms with van der Waals surface area (Å²) >= 11 is 0. The Morgan fingerprint density at radius 2 is 1.09 bits per heavy atom. The molecule has 0 amide bonds. The molecule has 0 unspecified atom stereocenters. The quantitative estimate of drug-likeness (QED) is 0.0992. The Hall–Kier alpha value is -6.12. The highest BCUT2D eigenvalue weighted by atomic mass is 16.8. The van der Waals surface area contributed by atoms with Crippen molar-refractivity contribution in [2.45, 2.75) is 141 Å². The molecule has 3 fully saturated rings. The number of fused-ring (bicyclic) bond motifs is 1. The number of phenolic OH excluding ortho intramolecular Hbond substituents is 3. The van der Waals surface area contributed by atoms with Crippen molar-refractivity contribution in [2.24, 2.45) is 0 Å². The molecule has 366 valence electrons. The van der Waals surface area contributed by atoms with E-state index in [0.717, 1.165) is 46.8 Å². The summed E-state index contributed by atoms with van der Waals surface area (Å²) in [6, 6.07) is 7.10. The van der Waals surface area contributed by atoms with Gasteiger partial charge in [-0.25, -0.2) is 0 Å². The number of carbonyl (C=O) groups excluding carboxylic acids is 5. The van der Waals surface area contributed by atoms with Crippen molar-refractivity contribution in [3.63, 3.8) is 0 Å². The molecule has 3 aliphatic rings. The monoisotopic (exact) mass is 950 g/mol. The zero-order valence-corrected chi connectivity index (χ0v) is 36.9. The Bertz CT molecular complexity index is 2360. The number of hydrogen-bond donors (Lipinski definition) is 6. The molecule has 24 nitrogen and oxygen atoms in total. The lowest BCUT2D eigenvalue weighted by atomic mass is 9.96. The number of phenols is 3. The number of ether oxygens (including phenoxy) is 11. The molecule has 3 aliphatic heterocycles. The molecule has 3 saturated heterocycles. The van der Waals surface area contributed by atoms with Gasteiger partial charge in [0.05, 0.1) is 18.8 Å². The minimum absolute atomic E-state index is 0.127. The van der Waals surface area contributed by atoms with E-state index in [2.05, 4.69) is 0 Å². The van der Waals surface area contributed by atoms with Crippen LogP contribution in [0, 0.1) is 0 Å². The number of aliphatic hydroxyl groups excluding tert-OH is 3. The number of benzene rings is 2. The predicted molar refractivity (Wildman–Crippen MR) is 217 cm³/mol. The highest BCUT2D eigenvalue weighted by Gasteiger charge is 2.57. The number of aromatic hydroxyl groups is 3. The lowest BCUT2D eigenvalue weighted by Gasteiger charge is -2.48. The van der Waals surface area contributed by atoms with E-state index in [1.165, 1.54) is 38.1 Å². The van der Waals surface area contributed by atoms with Crippen LogP contribution in [0.4, 0.5) is 0 Å². The molecule has 0 aliphatic carbocycles. The van der Waals surface area contributed by atoms with Crippen LogP contribution in [0.1, 0.15) is 48.5 Å². The number of aliphatic hydroxyl groups is 3. The van der Waals surface area contributed by atoms with Crippen LogP contribution in [-0.4, -0.2) is 159 Å². The summed E-state index contributed by atoms with van der Waals surface area (Å²) in [5, 5.41) is 63.5. The van der Waals surface area contributed by atoms with Gasteiger partial charge in [-0.3, -0.25) is 28.8 Å². The van der Waals surface area contributed by atoms with Crippen molar-refractivity contribution in [1.82, 2.24) is 0 Å². The van der Waals surface area contributed by atoms with Gasteiger partial charge in [0.1, 0.15) is 58.7 Å². The van der Waals surface area contributed by atoms with Crippen molar-refractivity contribution in [3.8, 4) is 34.3 Å². The molecule has 2 aromatic carbocycles. The molecule has 1 aromatic heterocycles. The number of carbonyl (C=O) groups is 5. The maximum Gasteiger partial charge on any atom is 0.303 e. The third-order valence-corrected chi connectivity index (χ3v) is 10.6. The zero-order chi connectivity index (χ0) is 49.2. The van der Waals surface area contributed by atoms with Crippen molar-refractivity contribution >= 4 is 40.8 Å². The lowest BCUT2D eigenvalue weighted by molar-refractivity contribution is -0.360. The van der Waals surface area contributed by atoms with Gasteiger partial charge in [-0.15, -0.1) is 0 Å². The topological polar surface area (TPSA) is 338 Å². The Balaban J connectivity index is 1.31. The highest BCUT2D eigenvalue weighted by Crippen LogP contribution is 2.39. The first kappa shape index (κ1) is 50.3. The van der Waals surface area contributed by atoms with E-state index in [9.17, 15) is 59.4 Å². The van der Waals surface area contributed by atoms with Crippen LogP contribution in [0.2, 0.25) is 0 Å². The first-order chi connectivity index (χ1) is 31.5. The molecule has 0 spiro atoms. The molecule has 4 heterocycles. The molecular weight excluding hydrogens is 900 g/mol. The van der Waals surface area contributed by atoms with Crippen molar-refractivity contribution < 1.29 is 111 Å². The number of esters is 5. The fraction of sp³-hybridized carbons (Fsp3) is 0.535. The van der Waals surface area contributed by atoms with Gasteiger partial charge < -0.3 is 87.2 Å². The molecule has 3 aromatic rings. The summed E-state index contributed by atoms with van der Waals surface area (Å²) in [5.74, 6) is -6.71. The van der Waals surface area contributed by atoms with Gasteiger partial charge in [0.2, 0.25) is 17.5 Å².